The highest BCUT2D eigenvalue weighted by atomic mass is 19.1. The van der Waals surface area contributed by atoms with Gasteiger partial charge in [-0.15, -0.1) is 0 Å². The molecule has 1 aliphatic heterocycles. The van der Waals surface area contributed by atoms with Gasteiger partial charge in [0, 0.05) is 29.3 Å². The summed E-state index contributed by atoms with van der Waals surface area (Å²) in [5.74, 6) is -0.229. The van der Waals surface area contributed by atoms with Gasteiger partial charge in [-0.1, -0.05) is 56.3 Å². The monoisotopic (exact) mass is 347 g/mol. The molecule has 1 N–H and O–H groups in total. The first kappa shape index (κ1) is 16.8. The standard InChI is InChI=1S/C23H22FNO/c1-23(2)13-20-22(21(26)14-23)18(15-8-10-17(24)11-9-15)12-19(25-20)16-6-4-3-5-7-16/h3-12,18,25H,13-14H2,1-2H3. The van der Waals surface area contributed by atoms with E-state index in [1.165, 1.54) is 12.1 Å². The molecule has 3 heteroatoms. The molecule has 26 heavy (non-hydrogen) atoms. The Morgan fingerprint density at radius 3 is 2.38 bits per heavy atom. The first-order valence-electron chi connectivity index (χ1n) is 8.99. The third kappa shape index (κ3) is 3.10. The van der Waals surface area contributed by atoms with Crippen molar-refractivity contribution >= 4 is 11.5 Å². The Hall–Kier alpha value is -2.68. The zero-order valence-electron chi connectivity index (χ0n) is 15.1. The van der Waals surface area contributed by atoms with Gasteiger partial charge in [0.2, 0.25) is 0 Å². The molecule has 2 aliphatic rings. The van der Waals surface area contributed by atoms with Crippen molar-refractivity contribution in [1.82, 2.24) is 5.32 Å². The van der Waals surface area contributed by atoms with Crippen LogP contribution in [0.2, 0.25) is 0 Å². The lowest BCUT2D eigenvalue weighted by Crippen LogP contribution is -2.35. The highest BCUT2D eigenvalue weighted by Gasteiger charge is 2.38. The number of Topliss-reactive ketones (excluding diaryl/α,β-unsaturated/α-hetero) is 1. The molecule has 0 saturated carbocycles. The van der Waals surface area contributed by atoms with Crippen LogP contribution in [0.25, 0.3) is 5.70 Å². The van der Waals surface area contributed by atoms with Crippen molar-refractivity contribution in [3.05, 3.63) is 88.9 Å². The Morgan fingerprint density at radius 1 is 1.00 bits per heavy atom. The Balaban J connectivity index is 1.84. The number of allylic oxidation sites excluding steroid dienone is 3. The van der Waals surface area contributed by atoms with E-state index < -0.39 is 0 Å². The predicted molar refractivity (Wildman–Crippen MR) is 102 cm³/mol. The van der Waals surface area contributed by atoms with Crippen LogP contribution in [0.5, 0.6) is 0 Å². The van der Waals surface area contributed by atoms with Crippen LogP contribution >= 0.6 is 0 Å². The van der Waals surface area contributed by atoms with Gasteiger partial charge in [0.25, 0.3) is 0 Å². The van der Waals surface area contributed by atoms with Crippen molar-refractivity contribution in [3.8, 4) is 0 Å². The largest absolute Gasteiger partial charge is 0.358 e. The molecule has 1 atom stereocenters. The van der Waals surface area contributed by atoms with Crippen molar-refractivity contribution in [2.24, 2.45) is 5.41 Å². The van der Waals surface area contributed by atoms with E-state index in [0.29, 0.717) is 6.42 Å². The van der Waals surface area contributed by atoms with E-state index in [4.69, 9.17) is 0 Å². The van der Waals surface area contributed by atoms with E-state index in [9.17, 15) is 9.18 Å². The van der Waals surface area contributed by atoms with Gasteiger partial charge in [0.05, 0.1) is 0 Å². The third-order valence-electron chi connectivity index (χ3n) is 5.16. The van der Waals surface area contributed by atoms with Crippen LogP contribution in [-0.4, -0.2) is 5.78 Å². The van der Waals surface area contributed by atoms with Crippen molar-refractivity contribution in [1.29, 1.82) is 0 Å². The van der Waals surface area contributed by atoms with Gasteiger partial charge >= 0.3 is 0 Å². The van der Waals surface area contributed by atoms with Gasteiger partial charge in [0.15, 0.2) is 5.78 Å². The van der Waals surface area contributed by atoms with E-state index in [0.717, 1.165) is 34.5 Å². The molecule has 2 aromatic rings. The van der Waals surface area contributed by atoms with Gasteiger partial charge < -0.3 is 5.32 Å². The maximum atomic E-state index is 13.4. The Kier molecular flexibility index (Phi) is 4.03. The molecule has 2 nitrogen and oxygen atoms in total. The van der Waals surface area contributed by atoms with E-state index in [2.05, 4.69) is 37.4 Å². The number of carbonyl (C=O) groups excluding carboxylic acids is 1. The first-order chi connectivity index (χ1) is 12.4. The minimum absolute atomic E-state index is 0.0601. The molecule has 0 saturated heterocycles. The number of rotatable bonds is 2. The summed E-state index contributed by atoms with van der Waals surface area (Å²) in [6.07, 6.45) is 3.47. The van der Waals surface area contributed by atoms with E-state index in [1.807, 2.05) is 18.2 Å². The Labute approximate surface area is 153 Å². The molecule has 1 unspecified atom stereocenters. The van der Waals surface area contributed by atoms with E-state index in [1.54, 1.807) is 12.1 Å². The lowest BCUT2D eigenvalue weighted by molar-refractivity contribution is -0.118. The molecule has 0 radical (unpaired) electrons. The van der Waals surface area contributed by atoms with E-state index >= 15 is 0 Å². The van der Waals surface area contributed by atoms with Crippen LogP contribution in [0.15, 0.2) is 71.9 Å². The van der Waals surface area contributed by atoms with Crippen LogP contribution in [-0.2, 0) is 4.79 Å². The molecule has 0 spiro atoms. The van der Waals surface area contributed by atoms with Gasteiger partial charge in [-0.05, 0) is 41.2 Å². The topological polar surface area (TPSA) is 29.1 Å². The molecule has 132 valence electrons. The van der Waals surface area contributed by atoms with Crippen LogP contribution in [0.3, 0.4) is 0 Å². The smallest absolute Gasteiger partial charge is 0.162 e. The number of nitrogens with one attached hydrogen (secondary N) is 1. The van der Waals surface area contributed by atoms with Crippen molar-refractivity contribution in [2.75, 3.05) is 0 Å². The summed E-state index contributed by atoms with van der Waals surface area (Å²) in [4.78, 5) is 12.9. The average molecular weight is 347 g/mol. The number of hydrogen-bond donors (Lipinski definition) is 1. The van der Waals surface area contributed by atoms with Crippen LogP contribution in [0.4, 0.5) is 4.39 Å². The molecule has 1 aliphatic carbocycles. The molecular formula is C23H22FNO. The molecule has 0 fully saturated rings. The van der Waals surface area contributed by atoms with Crippen molar-refractivity contribution in [3.63, 3.8) is 0 Å². The van der Waals surface area contributed by atoms with Crippen molar-refractivity contribution < 1.29 is 9.18 Å². The molecular weight excluding hydrogens is 325 g/mol. The fourth-order valence-corrected chi connectivity index (χ4v) is 3.98. The second-order valence-electron chi connectivity index (χ2n) is 7.93. The normalized spacial score (nSPS) is 21.7. The molecule has 0 aromatic heterocycles. The van der Waals surface area contributed by atoms with Crippen LogP contribution in [0, 0.1) is 11.2 Å². The molecule has 0 amide bonds. The summed E-state index contributed by atoms with van der Waals surface area (Å²) < 4.78 is 13.4. The number of ketones is 1. The zero-order valence-corrected chi connectivity index (χ0v) is 15.1. The van der Waals surface area contributed by atoms with Gasteiger partial charge in [-0.2, -0.15) is 0 Å². The maximum Gasteiger partial charge on any atom is 0.162 e. The second kappa shape index (κ2) is 6.24. The van der Waals surface area contributed by atoms with Gasteiger partial charge in [-0.25, -0.2) is 4.39 Å². The van der Waals surface area contributed by atoms with Crippen molar-refractivity contribution in [2.45, 2.75) is 32.6 Å². The molecule has 0 bridgehead atoms. The number of dihydropyridines is 1. The minimum Gasteiger partial charge on any atom is -0.358 e. The summed E-state index contributed by atoms with van der Waals surface area (Å²) in [7, 11) is 0. The van der Waals surface area contributed by atoms with Crippen LogP contribution < -0.4 is 5.32 Å². The second-order valence-corrected chi connectivity index (χ2v) is 7.93. The zero-order chi connectivity index (χ0) is 18.3. The summed E-state index contributed by atoms with van der Waals surface area (Å²) in [5.41, 5.74) is 4.81. The quantitative estimate of drug-likeness (QED) is 0.809. The van der Waals surface area contributed by atoms with Gasteiger partial charge in [0.1, 0.15) is 5.82 Å². The SMILES string of the molecule is CC1(C)CC(=O)C2=C(C1)NC(c1ccccc1)=CC2c1ccc(F)cc1. The summed E-state index contributed by atoms with van der Waals surface area (Å²) >= 11 is 0. The molecule has 1 heterocycles. The summed E-state index contributed by atoms with van der Waals surface area (Å²) in [6, 6.07) is 16.6. The Bertz CT molecular complexity index is 907. The predicted octanol–water partition coefficient (Wildman–Crippen LogP) is 5.20. The maximum absolute atomic E-state index is 13.4. The summed E-state index contributed by atoms with van der Waals surface area (Å²) in [5, 5.41) is 3.51. The summed E-state index contributed by atoms with van der Waals surface area (Å²) in [6.45, 7) is 4.26. The minimum atomic E-state index is -0.264. The van der Waals surface area contributed by atoms with Crippen LogP contribution in [0.1, 0.15) is 43.7 Å². The lowest BCUT2D eigenvalue weighted by Gasteiger charge is -2.38. The molecule has 2 aromatic carbocycles. The Morgan fingerprint density at radius 2 is 1.69 bits per heavy atom. The van der Waals surface area contributed by atoms with E-state index in [-0.39, 0.29) is 22.9 Å². The molecule has 4 rings (SSSR count). The number of carbonyl (C=O) groups is 1. The fraction of sp³-hybridized carbons (Fsp3) is 0.261. The highest BCUT2D eigenvalue weighted by Crippen LogP contribution is 2.44. The highest BCUT2D eigenvalue weighted by molar-refractivity contribution is 6.00. The number of halogens is 1. The fourth-order valence-electron chi connectivity index (χ4n) is 3.98. The number of benzene rings is 2. The third-order valence-corrected chi connectivity index (χ3v) is 5.16. The lowest BCUT2D eigenvalue weighted by atomic mass is 9.70. The average Bonchev–Trinajstić information content (AvgIpc) is 2.61. The number of hydrogen-bond acceptors (Lipinski definition) is 2. The first-order valence-corrected chi connectivity index (χ1v) is 8.99. The van der Waals surface area contributed by atoms with Gasteiger partial charge in [-0.3, -0.25) is 4.79 Å².